The van der Waals surface area contributed by atoms with Crippen LogP contribution >= 0.6 is 15.9 Å². The van der Waals surface area contributed by atoms with E-state index in [1.54, 1.807) is 18.3 Å². The fraction of sp³-hybridized carbons (Fsp3) is 0.250. The highest BCUT2D eigenvalue weighted by atomic mass is 79.9. The van der Waals surface area contributed by atoms with Crippen LogP contribution in [0.3, 0.4) is 0 Å². The highest BCUT2D eigenvalue weighted by Gasteiger charge is 2.22. The molecule has 0 unspecified atom stereocenters. The van der Waals surface area contributed by atoms with Crippen molar-refractivity contribution in [1.82, 2.24) is 9.66 Å². The molecule has 0 radical (unpaired) electrons. The molecule has 0 bridgehead atoms. The van der Waals surface area contributed by atoms with E-state index in [-0.39, 0.29) is 23.9 Å². The van der Waals surface area contributed by atoms with Gasteiger partial charge in [-0.15, -0.1) is 0 Å². The number of hydrogen-bond donors (Lipinski definition) is 0. The molecule has 35 heavy (non-hydrogen) atoms. The summed E-state index contributed by atoms with van der Waals surface area (Å²) in [4.78, 5) is 18.3. The summed E-state index contributed by atoms with van der Waals surface area (Å²) in [6, 6.07) is 19.3. The third-order valence-electron chi connectivity index (χ3n) is 6.32. The Hall–Kier alpha value is -3.32. The van der Waals surface area contributed by atoms with Crippen LogP contribution in [0.25, 0.3) is 10.9 Å². The number of benzene rings is 3. The summed E-state index contributed by atoms with van der Waals surface area (Å²) < 4.78 is 21.8. The van der Waals surface area contributed by atoms with Gasteiger partial charge in [-0.2, -0.15) is 9.78 Å². The molecule has 1 fully saturated rings. The number of nitrogens with zero attached hydrogens (tertiary/aromatic N) is 3. The van der Waals surface area contributed by atoms with Crippen LogP contribution in [-0.2, 0) is 6.61 Å². The summed E-state index contributed by atoms with van der Waals surface area (Å²) in [7, 11) is 0. The summed E-state index contributed by atoms with van der Waals surface area (Å²) in [5, 5.41) is 5.17. The van der Waals surface area contributed by atoms with E-state index in [1.807, 2.05) is 42.5 Å². The van der Waals surface area contributed by atoms with Crippen molar-refractivity contribution in [2.75, 3.05) is 0 Å². The monoisotopic (exact) mass is 533 g/mol. The molecule has 1 heterocycles. The van der Waals surface area contributed by atoms with E-state index in [0.717, 1.165) is 35.7 Å². The summed E-state index contributed by atoms with van der Waals surface area (Å²) in [6.45, 7) is 0.213. The minimum Gasteiger partial charge on any atom is -0.488 e. The zero-order valence-electron chi connectivity index (χ0n) is 19.2. The zero-order valence-corrected chi connectivity index (χ0v) is 20.7. The van der Waals surface area contributed by atoms with Crippen LogP contribution < -0.4 is 10.3 Å². The molecule has 5 rings (SSSR count). The molecular formula is C28H25BrFN3O2. The molecule has 7 heteroatoms. The highest BCUT2D eigenvalue weighted by Crippen LogP contribution is 2.32. The Morgan fingerprint density at radius 2 is 1.89 bits per heavy atom. The lowest BCUT2D eigenvalue weighted by atomic mass is 9.88. The first kappa shape index (κ1) is 23.4. The Kier molecular flexibility index (Phi) is 7.04. The molecule has 0 spiro atoms. The maximum absolute atomic E-state index is 13.6. The van der Waals surface area contributed by atoms with Gasteiger partial charge in [-0.05, 0) is 60.9 Å². The Bertz CT molecular complexity index is 1440. The second-order valence-electron chi connectivity index (χ2n) is 8.78. The Morgan fingerprint density at radius 3 is 2.71 bits per heavy atom. The van der Waals surface area contributed by atoms with Crippen LogP contribution in [0.4, 0.5) is 4.39 Å². The van der Waals surface area contributed by atoms with Crippen molar-refractivity contribution in [1.29, 1.82) is 0 Å². The van der Waals surface area contributed by atoms with Crippen molar-refractivity contribution in [3.63, 3.8) is 0 Å². The molecule has 5 nitrogen and oxygen atoms in total. The van der Waals surface area contributed by atoms with E-state index >= 15 is 0 Å². The van der Waals surface area contributed by atoms with Crippen molar-refractivity contribution >= 4 is 33.0 Å². The summed E-state index contributed by atoms with van der Waals surface area (Å²) in [6.07, 6.45) is 7.09. The van der Waals surface area contributed by atoms with Gasteiger partial charge in [-0.1, -0.05) is 59.5 Å². The predicted molar refractivity (Wildman–Crippen MR) is 140 cm³/mol. The normalized spacial score (nSPS) is 14.6. The fourth-order valence-corrected chi connectivity index (χ4v) is 4.92. The summed E-state index contributed by atoms with van der Waals surface area (Å²) in [5.74, 6) is 1.19. The molecule has 1 aromatic heterocycles. The molecule has 178 valence electrons. The number of halogens is 2. The van der Waals surface area contributed by atoms with Crippen LogP contribution in [0.15, 0.2) is 81.1 Å². The van der Waals surface area contributed by atoms with Gasteiger partial charge in [0.25, 0.3) is 5.56 Å². The Labute approximate surface area is 211 Å². The van der Waals surface area contributed by atoms with E-state index in [9.17, 15) is 9.18 Å². The molecule has 0 amide bonds. The predicted octanol–water partition coefficient (Wildman–Crippen LogP) is 6.81. The average Bonchev–Trinajstić information content (AvgIpc) is 2.88. The lowest BCUT2D eigenvalue weighted by Gasteiger charge is -2.22. The lowest BCUT2D eigenvalue weighted by molar-refractivity contribution is 0.305. The molecule has 3 aromatic carbocycles. The maximum atomic E-state index is 13.6. The van der Waals surface area contributed by atoms with Gasteiger partial charge in [0.15, 0.2) is 0 Å². The van der Waals surface area contributed by atoms with Crippen molar-refractivity contribution in [2.45, 2.75) is 44.6 Å². The van der Waals surface area contributed by atoms with Crippen LogP contribution in [0.1, 0.15) is 55.0 Å². The second-order valence-corrected chi connectivity index (χ2v) is 9.70. The van der Waals surface area contributed by atoms with Gasteiger partial charge >= 0.3 is 0 Å². The van der Waals surface area contributed by atoms with Crippen LogP contribution in [0.5, 0.6) is 5.75 Å². The largest absolute Gasteiger partial charge is 0.488 e. The topological polar surface area (TPSA) is 56.5 Å². The number of rotatable bonds is 6. The first-order valence-electron chi connectivity index (χ1n) is 11.8. The van der Waals surface area contributed by atoms with E-state index in [4.69, 9.17) is 9.72 Å². The molecule has 4 aromatic rings. The van der Waals surface area contributed by atoms with Crippen molar-refractivity contribution in [3.8, 4) is 5.75 Å². The molecule has 1 aliphatic rings. The standard InChI is InChI=1S/C28H25BrFN3O2/c29-22-13-14-26(35-18-19-7-6-10-23(30)15-19)21(16-22)17-31-33-27(20-8-2-1-3-9-20)32-25-12-5-4-11-24(25)28(33)34/h4-7,10-17,20H,1-3,8-9,18H2. The summed E-state index contributed by atoms with van der Waals surface area (Å²) >= 11 is 3.50. The van der Waals surface area contributed by atoms with Gasteiger partial charge in [0.05, 0.1) is 17.1 Å². The molecule has 0 aliphatic heterocycles. The smallest absolute Gasteiger partial charge is 0.282 e. The molecule has 1 saturated carbocycles. The number of aromatic nitrogens is 2. The molecule has 0 atom stereocenters. The quantitative estimate of drug-likeness (QED) is 0.256. The van der Waals surface area contributed by atoms with Crippen molar-refractivity contribution < 1.29 is 9.13 Å². The van der Waals surface area contributed by atoms with Crippen LogP contribution in [0, 0.1) is 5.82 Å². The third-order valence-corrected chi connectivity index (χ3v) is 6.81. The van der Waals surface area contributed by atoms with Gasteiger partial charge in [0, 0.05) is 16.0 Å². The van der Waals surface area contributed by atoms with Crippen molar-refractivity contribution in [3.05, 3.63) is 104 Å². The third kappa shape index (κ3) is 5.35. The van der Waals surface area contributed by atoms with Crippen LogP contribution in [-0.4, -0.2) is 15.9 Å². The molecular weight excluding hydrogens is 509 g/mol. The van der Waals surface area contributed by atoms with Gasteiger partial charge in [0.1, 0.15) is 24.0 Å². The summed E-state index contributed by atoms with van der Waals surface area (Å²) in [5.41, 5.74) is 1.95. The molecule has 0 N–H and O–H groups in total. The minimum atomic E-state index is -0.304. The molecule has 0 saturated heterocycles. The number of ether oxygens (including phenoxy) is 1. The second kappa shape index (κ2) is 10.5. The lowest BCUT2D eigenvalue weighted by Crippen LogP contribution is -2.25. The average molecular weight is 534 g/mol. The van der Waals surface area contributed by atoms with Crippen LogP contribution in [0.2, 0.25) is 0 Å². The highest BCUT2D eigenvalue weighted by molar-refractivity contribution is 9.10. The first-order chi connectivity index (χ1) is 17.1. The zero-order chi connectivity index (χ0) is 24.2. The van der Waals surface area contributed by atoms with E-state index in [2.05, 4.69) is 21.0 Å². The van der Waals surface area contributed by atoms with E-state index < -0.39 is 0 Å². The Morgan fingerprint density at radius 1 is 1.06 bits per heavy atom. The first-order valence-corrected chi connectivity index (χ1v) is 12.6. The number of para-hydroxylation sites is 1. The minimum absolute atomic E-state index is 0.176. The van der Waals surface area contributed by atoms with Gasteiger partial charge in [-0.3, -0.25) is 4.79 Å². The Balaban J connectivity index is 1.52. The number of fused-ring (bicyclic) bond motifs is 1. The van der Waals surface area contributed by atoms with Gasteiger partial charge in [0.2, 0.25) is 0 Å². The van der Waals surface area contributed by atoms with Gasteiger partial charge in [-0.25, -0.2) is 9.37 Å². The number of hydrogen-bond acceptors (Lipinski definition) is 4. The molecule has 1 aliphatic carbocycles. The van der Waals surface area contributed by atoms with E-state index in [1.165, 1.54) is 23.2 Å². The van der Waals surface area contributed by atoms with E-state index in [0.29, 0.717) is 28.0 Å². The van der Waals surface area contributed by atoms with Crippen molar-refractivity contribution in [2.24, 2.45) is 5.10 Å². The maximum Gasteiger partial charge on any atom is 0.282 e. The fourth-order valence-electron chi connectivity index (χ4n) is 4.54. The van der Waals surface area contributed by atoms with Gasteiger partial charge < -0.3 is 4.74 Å². The SMILES string of the molecule is O=c1c2ccccc2nc(C2CCCCC2)n1N=Cc1cc(Br)ccc1OCc1cccc(F)c1.